The van der Waals surface area contributed by atoms with Crippen molar-refractivity contribution in [2.45, 2.75) is 43.2 Å². The van der Waals surface area contributed by atoms with E-state index in [1.54, 1.807) is 6.07 Å². The molecule has 118 valence electrons. The van der Waals surface area contributed by atoms with E-state index < -0.39 is 9.05 Å². The van der Waals surface area contributed by atoms with Crippen LogP contribution in [0.2, 0.25) is 0 Å². The number of hydrogen-bond donors (Lipinski definition) is 1. The van der Waals surface area contributed by atoms with Gasteiger partial charge in [0, 0.05) is 22.1 Å². The van der Waals surface area contributed by atoms with Crippen molar-refractivity contribution in [2.75, 3.05) is 6.54 Å². The fourth-order valence-corrected chi connectivity index (χ4v) is 4.87. The molecule has 1 aromatic heterocycles. The molecule has 1 heterocycles. The summed E-state index contributed by atoms with van der Waals surface area (Å²) in [5.41, 5.74) is 0. The standard InChI is InChI=1S/C14H20ClNO3S2/c1-10-4-2-3-5-11(10)9-16-13(17)8-12-6-7-14(20-12)21(15,18)19/h6-7,10-11H,2-5,8-9H2,1H3,(H,16,17). The molecule has 1 aliphatic rings. The molecule has 2 rings (SSSR count). The first-order valence-corrected chi connectivity index (χ1v) is 10.3. The third kappa shape index (κ3) is 4.97. The number of rotatable bonds is 5. The van der Waals surface area contributed by atoms with Crippen LogP contribution in [0.15, 0.2) is 16.3 Å². The van der Waals surface area contributed by atoms with Gasteiger partial charge in [0.2, 0.25) is 5.91 Å². The molecule has 1 fully saturated rings. The zero-order chi connectivity index (χ0) is 15.5. The van der Waals surface area contributed by atoms with Crippen LogP contribution in [0.3, 0.4) is 0 Å². The van der Waals surface area contributed by atoms with Crippen LogP contribution in [0, 0.1) is 11.8 Å². The number of halogens is 1. The van der Waals surface area contributed by atoms with Crippen molar-refractivity contribution in [1.29, 1.82) is 0 Å². The minimum absolute atomic E-state index is 0.0619. The number of hydrogen-bond acceptors (Lipinski definition) is 4. The van der Waals surface area contributed by atoms with E-state index in [-0.39, 0.29) is 16.5 Å². The summed E-state index contributed by atoms with van der Waals surface area (Å²) in [5, 5.41) is 2.96. The molecule has 1 aliphatic carbocycles. The highest BCUT2D eigenvalue weighted by Crippen LogP contribution is 2.29. The Morgan fingerprint density at radius 2 is 2.10 bits per heavy atom. The van der Waals surface area contributed by atoms with Crippen LogP contribution in [0.4, 0.5) is 0 Å². The summed E-state index contributed by atoms with van der Waals surface area (Å²) in [6, 6.07) is 3.08. The van der Waals surface area contributed by atoms with E-state index in [0.29, 0.717) is 23.3 Å². The predicted molar refractivity (Wildman–Crippen MR) is 85.2 cm³/mol. The number of amides is 1. The summed E-state index contributed by atoms with van der Waals surface area (Å²) in [5.74, 6) is 1.16. The quantitative estimate of drug-likeness (QED) is 0.830. The molecule has 2 atom stereocenters. The summed E-state index contributed by atoms with van der Waals surface area (Å²) in [4.78, 5) is 12.6. The van der Waals surface area contributed by atoms with Crippen molar-refractivity contribution < 1.29 is 13.2 Å². The fraction of sp³-hybridized carbons (Fsp3) is 0.643. The highest BCUT2D eigenvalue weighted by molar-refractivity contribution is 8.15. The average molecular weight is 350 g/mol. The van der Waals surface area contributed by atoms with Crippen LogP contribution in [0.25, 0.3) is 0 Å². The maximum atomic E-state index is 11.9. The van der Waals surface area contributed by atoms with Crippen molar-refractivity contribution >= 4 is 37.0 Å². The molecule has 2 unspecified atom stereocenters. The normalized spacial score (nSPS) is 23.0. The highest BCUT2D eigenvalue weighted by atomic mass is 35.7. The topological polar surface area (TPSA) is 63.2 Å². The summed E-state index contributed by atoms with van der Waals surface area (Å²) in [6.07, 6.45) is 5.15. The largest absolute Gasteiger partial charge is 0.356 e. The van der Waals surface area contributed by atoms with Crippen LogP contribution in [-0.4, -0.2) is 20.9 Å². The Hall–Kier alpha value is -0.590. The number of carbonyl (C=O) groups excluding carboxylic acids is 1. The van der Waals surface area contributed by atoms with E-state index in [9.17, 15) is 13.2 Å². The number of carbonyl (C=O) groups is 1. The van der Waals surface area contributed by atoms with E-state index in [0.717, 1.165) is 11.3 Å². The van der Waals surface area contributed by atoms with Gasteiger partial charge in [0.25, 0.3) is 9.05 Å². The lowest BCUT2D eigenvalue weighted by molar-refractivity contribution is -0.120. The van der Waals surface area contributed by atoms with E-state index in [1.165, 1.54) is 31.7 Å². The van der Waals surface area contributed by atoms with Crippen molar-refractivity contribution in [2.24, 2.45) is 11.8 Å². The Kier molecular flexibility index (Phi) is 5.68. The second-order valence-corrected chi connectivity index (χ2v) is 9.62. The van der Waals surface area contributed by atoms with E-state index in [4.69, 9.17) is 10.7 Å². The molecule has 0 aliphatic heterocycles. The Morgan fingerprint density at radius 3 is 2.71 bits per heavy atom. The van der Waals surface area contributed by atoms with Crippen molar-refractivity contribution in [1.82, 2.24) is 5.32 Å². The molecule has 0 spiro atoms. The molecule has 1 saturated carbocycles. The first-order chi connectivity index (χ1) is 9.86. The first-order valence-electron chi connectivity index (χ1n) is 7.16. The van der Waals surface area contributed by atoms with E-state index >= 15 is 0 Å². The van der Waals surface area contributed by atoms with Gasteiger partial charge >= 0.3 is 0 Å². The van der Waals surface area contributed by atoms with Crippen molar-refractivity contribution in [3.8, 4) is 0 Å². The van der Waals surface area contributed by atoms with Gasteiger partial charge in [0.15, 0.2) is 0 Å². The van der Waals surface area contributed by atoms with Gasteiger partial charge in [-0.1, -0.05) is 26.2 Å². The fourth-order valence-electron chi connectivity index (χ4n) is 2.75. The lowest BCUT2D eigenvalue weighted by Gasteiger charge is -2.28. The predicted octanol–water partition coefficient (Wildman–Crippen LogP) is 3.16. The second-order valence-electron chi connectivity index (χ2n) is 5.66. The molecule has 4 nitrogen and oxygen atoms in total. The minimum atomic E-state index is -3.70. The zero-order valence-electron chi connectivity index (χ0n) is 12.0. The zero-order valence-corrected chi connectivity index (χ0v) is 14.4. The van der Waals surface area contributed by atoms with Crippen LogP contribution >= 0.6 is 22.0 Å². The third-order valence-corrected chi connectivity index (χ3v) is 7.24. The molecule has 1 aromatic rings. The summed E-state index contributed by atoms with van der Waals surface area (Å²) in [6.45, 7) is 2.96. The molecule has 0 saturated heterocycles. The van der Waals surface area contributed by atoms with E-state index in [1.807, 2.05) is 0 Å². The first kappa shape index (κ1) is 16.8. The summed E-state index contributed by atoms with van der Waals surface area (Å²) in [7, 11) is 1.57. The summed E-state index contributed by atoms with van der Waals surface area (Å²) >= 11 is 1.05. The minimum Gasteiger partial charge on any atom is -0.356 e. The number of nitrogens with one attached hydrogen (secondary N) is 1. The Balaban J connectivity index is 1.83. The Labute approximate surface area is 134 Å². The maximum absolute atomic E-state index is 11.9. The van der Waals surface area contributed by atoms with Gasteiger partial charge in [-0.05, 0) is 30.4 Å². The van der Waals surface area contributed by atoms with Gasteiger partial charge in [-0.3, -0.25) is 4.79 Å². The summed E-state index contributed by atoms with van der Waals surface area (Å²) < 4.78 is 22.4. The molecular formula is C14H20ClNO3S2. The van der Waals surface area contributed by atoms with Gasteiger partial charge in [-0.25, -0.2) is 8.42 Å². The molecule has 7 heteroatoms. The van der Waals surface area contributed by atoms with E-state index in [2.05, 4.69) is 12.2 Å². The molecule has 21 heavy (non-hydrogen) atoms. The average Bonchev–Trinajstić information content (AvgIpc) is 2.86. The molecule has 0 radical (unpaired) electrons. The van der Waals surface area contributed by atoms with Crippen molar-refractivity contribution in [3.05, 3.63) is 17.0 Å². The molecule has 0 bridgehead atoms. The molecule has 1 amide bonds. The van der Waals surface area contributed by atoms with Crippen LogP contribution < -0.4 is 5.32 Å². The molecular weight excluding hydrogens is 330 g/mol. The van der Waals surface area contributed by atoms with Crippen LogP contribution in [0.5, 0.6) is 0 Å². The number of thiophene rings is 1. The van der Waals surface area contributed by atoms with Gasteiger partial charge in [-0.15, -0.1) is 11.3 Å². The SMILES string of the molecule is CC1CCCCC1CNC(=O)Cc1ccc(S(=O)(=O)Cl)s1. The van der Waals surface area contributed by atoms with Gasteiger partial charge in [-0.2, -0.15) is 0 Å². The second kappa shape index (κ2) is 7.11. The monoisotopic (exact) mass is 349 g/mol. The molecule has 0 aromatic carbocycles. The third-order valence-electron chi connectivity index (χ3n) is 4.06. The van der Waals surface area contributed by atoms with Gasteiger partial charge < -0.3 is 5.32 Å². The van der Waals surface area contributed by atoms with Crippen molar-refractivity contribution in [3.63, 3.8) is 0 Å². The lowest BCUT2D eigenvalue weighted by atomic mass is 9.80. The highest BCUT2D eigenvalue weighted by Gasteiger charge is 2.22. The van der Waals surface area contributed by atoms with Gasteiger partial charge in [0.05, 0.1) is 6.42 Å². The molecule has 1 N–H and O–H groups in total. The van der Waals surface area contributed by atoms with Gasteiger partial charge in [0.1, 0.15) is 4.21 Å². The van der Waals surface area contributed by atoms with Crippen LogP contribution in [0.1, 0.15) is 37.5 Å². The smallest absolute Gasteiger partial charge is 0.270 e. The maximum Gasteiger partial charge on any atom is 0.270 e. The Morgan fingerprint density at radius 1 is 1.38 bits per heavy atom. The lowest BCUT2D eigenvalue weighted by Crippen LogP contribution is -2.34. The Bertz CT molecular complexity index is 597. The van der Waals surface area contributed by atoms with Crippen LogP contribution in [-0.2, 0) is 20.3 Å².